The minimum absolute atomic E-state index is 0.274. The number of rotatable bonds is 4. The van der Waals surface area contributed by atoms with Gasteiger partial charge in [-0.05, 0) is 25.1 Å². The van der Waals surface area contributed by atoms with Crippen molar-refractivity contribution in [1.29, 1.82) is 0 Å². The highest BCUT2D eigenvalue weighted by molar-refractivity contribution is 5.55. The molecule has 0 saturated carbocycles. The van der Waals surface area contributed by atoms with E-state index in [1.807, 2.05) is 19.1 Å². The van der Waals surface area contributed by atoms with Crippen LogP contribution >= 0.6 is 0 Å². The Kier molecular flexibility index (Phi) is 4.22. The lowest BCUT2D eigenvalue weighted by Gasteiger charge is -2.09. The van der Waals surface area contributed by atoms with E-state index in [1.54, 1.807) is 6.07 Å². The minimum Gasteiger partial charge on any atom is -0.309 e. The predicted octanol–water partition coefficient (Wildman–Crippen LogP) is 3.09. The molecular weight excluding hydrogens is 241 g/mol. The van der Waals surface area contributed by atoms with Gasteiger partial charge in [0.25, 0.3) is 0 Å². The van der Waals surface area contributed by atoms with Gasteiger partial charge in [0.2, 0.25) is 0 Å². The first-order chi connectivity index (χ1) is 9.04. The second kappa shape index (κ2) is 5.89. The van der Waals surface area contributed by atoms with Crippen molar-refractivity contribution in [1.82, 2.24) is 15.3 Å². The number of benzene rings is 1. The van der Waals surface area contributed by atoms with Gasteiger partial charge in [-0.2, -0.15) is 0 Å². The van der Waals surface area contributed by atoms with Crippen LogP contribution in [0.2, 0.25) is 0 Å². The molecule has 100 valence electrons. The molecule has 2 rings (SSSR count). The van der Waals surface area contributed by atoms with Gasteiger partial charge in [0.05, 0.1) is 5.69 Å². The minimum atomic E-state index is -0.274. The fourth-order valence-corrected chi connectivity index (χ4v) is 1.79. The second-order valence-corrected chi connectivity index (χ2v) is 4.87. The first-order valence-electron chi connectivity index (χ1n) is 6.38. The van der Waals surface area contributed by atoms with Crippen molar-refractivity contribution < 1.29 is 4.39 Å². The Morgan fingerprint density at radius 1 is 1.21 bits per heavy atom. The van der Waals surface area contributed by atoms with Gasteiger partial charge in [-0.1, -0.05) is 26.0 Å². The molecule has 0 spiro atoms. The molecule has 0 bridgehead atoms. The average molecular weight is 259 g/mol. The summed E-state index contributed by atoms with van der Waals surface area (Å²) < 4.78 is 13.2. The zero-order valence-electron chi connectivity index (χ0n) is 11.4. The fraction of sp³-hybridized carbons (Fsp3) is 0.333. The first kappa shape index (κ1) is 13.6. The zero-order valence-corrected chi connectivity index (χ0v) is 11.4. The van der Waals surface area contributed by atoms with Crippen molar-refractivity contribution in [3.63, 3.8) is 0 Å². The first-order valence-corrected chi connectivity index (χ1v) is 6.38. The molecule has 0 aliphatic heterocycles. The van der Waals surface area contributed by atoms with Crippen LogP contribution in [0.15, 0.2) is 30.3 Å². The van der Waals surface area contributed by atoms with Gasteiger partial charge in [-0.25, -0.2) is 14.4 Å². The molecule has 1 aromatic carbocycles. The molecule has 4 heteroatoms. The standard InChI is InChI=1S/C15H18FN3/c1-10(2)17-9-14-7-11(3)18-15(19-14)12-5-4-6-13(16)8-12/h4-8,10,17H,9H2,1-3H3. The van der Waals surface area contributed by atoms with Gasteiger partial charge in [-0.15, -0.1) is 0 Å². The highest BCUT2D eigenvalue weighted by Crippen LogP contribution is 2.17. The Labute approximate surface area is 112 Å². The molecule has 0 radical (unpaired) electrons. The molecule has 0 unspecified atom stereocenters. The molecule has 1 N–H and O–H groups in total. The van der Waals surface area contributed by atoms with Crippen LogP contribution in [0.3, 0.4) is 0 Å². The molecule has 0 aliphatic carbocycles. The van der Waals surface area contributed by atoms with Crippen LogP contribution in [-0.4, -0.2) is 16.0 Å². The van der Waals surface area contributed by atoms with E-state index in [-0.39, 0.29) is 5.82 Å². The van der Waals surface area contributed by atoms with Gasteiger partial charge < -0.3 is 5.32 Å². The average Bonchev–Trinajstić information content (AvgIpc) is 2.36. The quantitative estimate of drug-likeness (QED) is 0.917. The van der Waals surface area contributed by atoms with Gasteiger partial charge in [-0.3, -0.25) is 0 Å². The lowest BCUT2D eigenvalue weighted by Crippen LogP contribution is -2.22. The van der Waals surface area contributed by atoms with Crippen molar-refractivity contribution in [2.45, 2.75) is 33.4 Å². The van der Waals surface area contributed by atoms with E-state index in [0.29, 0.717) is 24.0 Å². The molecule has 0 fully saturated rings. The third-order valence-corrected chi connectivity index (χ3v) is 2.68. The van der Waals surface area contributed by atoms with Gasteiger partial charge in [0, 0.05) is 23.8 Å². The van der Waals surface area contributed by atoms with Gasteiger partial charge in [0.15, 0.2) is 5.82 Å². The Morgan fingerprint density at radius 3 is 2.68 bits per heavy atom. The molecule has 0 aliphatic rings. The zero-order chi connectivity index (χ0) is 13.8. The summed E-state index contributed by atoms with van der Waals surface area (Å²) in [4.78, 5) is 8.84. The van der Waals surface area contributed by atoms with Crippen molar-refractivity contribution in [3.05, 3.63) is 47.5 Å². The van der Waals surface area contributed by atoms with E-state index in [0.717, 1.165) is 11.4 Å². The second-order valence-electron chi connectivity index (χ2n) is 4.87. The number of aryl methyl sites for hydroxylation is 1. The SMILES string of the molecule is Cc1cc(CNC(C)C)nc(-c2cccc(F)c2)n1. The normalized spacial score (nSPS) is 11.0. The predicted molar refractivity (Wildman–Crippen MR) is 74.1 cm³/mol. The molecule has 19 heavy (non-hydrogen) atoms. The van der Waals surface area contributed by atoms with Crippen LogP contribution in [0, 0.1) is 12.7 Å². The summed E-state index contributed by atoms with van der Waals surface area (Å²) in [5.74, 6) is 0.296. The van der Waals surface area contributed by atoms with Crippen molar-refractivity contribution in [3.8, 4) is 11.4 Å². The number of hydrogen-bond acceptors (Lipinski definition) is 3. The van der Waals surface area contributed by atoms with Gasteiger partial charge in [0.1, 0.15) is 5.82 Å². The summed E-state index contributed by atoms with van der Waals surface area (Å²) >= 11 is 0. The summed E-state index contributed by atoms with van der Waals surface area (Å²) in [6, 6.07) is 8.69. The lowest BCUT2D eigenvalue weighted by molar-refractivity contribution is 0.580. The number of nitrogens with one attached hydrogen (secondary N) is 1. The Hall–Kier alpha value is -1.81. The van der Waals surface area contributed by atoms with E-state index in [1.165, 1.54) is 12.1 Å². The Morgan fingerprint density at radius 2 is 2.00 bits per heavy atom. The van der Waals surface area contributed by atoms with Crippen LogP contribution in [0.25, 0.3) is 11.4 Å². The Balaban J connectivity index is 2.31. The van der Waals surface area contributed by atoms with E-state index in [4.69, 9.17) is 0 Å². The van der Waals surface area contributed by atoms with Crippen LogP contribution in [0.5, 0.6) is 0 Å². The van der Waals surface area contributed by atoms with Crippen LogP contribution < -0.4 is 5.32 Å². The van der Waals surface area contributed by atoms with E-state index >= 15 is 0 Å². The van der Waals surface area contributed by atoms with Crippen LogP contribution in [0.4, 0.5) is 4.39 Å². The molecule has 0 saturated heterocycles. The Bertz CT molecular complexity index is 567. The highest BCUT2D eigenvalue weighted by Gasteiger charge is 2.06. The number of aromatic nitrogens is 2. The summed E-state index contributed by atoms with van der Waals surface area (Å²) in [5, 5.41) is 3.31. The lowest BCUT2D eigenvalue weighted by atomic mass is 10.2. The van der Waals surface area contributed by atoms with Crippen molar-refractivity contribution in [2.75, 3.05) is 0 Å². The molecule has 1 heterocycles. The maximum Gasteiger partial charge on any atom is 0.159 e. The van der Waals surface area contributed by atoms with Crippen molar-refractivity contribution in [2.24, 2.45) is 0 Å². The molecule has 3 nitrogen and oxygen atoms in total. The third kappa shape index (κ3) is 3.83. The summed E-state index contributed by atoms with van der Waals surface area (Å²) in [5.41, 5.74) is 2.50. The summed E-state index contributed by atoms with van der Waals surface area (Å²) in [7, 11) is 0. The van der Waals surface area contributed by atoms with E-state index in [9.17, 15) is 4.39 Å². The van der Waals surface area contributed by atoms with Crippen LogP contribution in [-0.2, 0) is 6.54 Å². The maximum absolute atomic E-state index is 13.2. The number of nitrogens with zero attached hydrogens (tertiary/aromatic N) is 2. The highest BCUT2D eigenvalue weighted by atomic mass is 19.1. The topological polar surface area (TPSA) is 37.8 Å². The van der Waals surface area contributed by atoms with Crippen LogP contribution in [0.1, 0.15) is 25.2 Å². The molecule has 0 atom stereocenters. The maximum atomic E-state index is 13.2. The number of halogens is 1. The fourth-order valence-electron chi connectivity index (χ4n) is 1.79. The molecular formula is C15H18FN3. The summed E-state index contributed by atoms with van der Waals surface area (Å²) in [6.07, 6.45) is 0. The third-order valence-electron chi connectivity index (χ3n) is 2.68. The summed E-state index contributed by atoms with van der Waals surface area (Å²) in [6.45, 7) is 6.77. The van der Waals surface area contributed by atoms with Gasteiger partial charge >= 0.3 is 0 Å². The van der Waals surface area contributed by atoms with Crippen molar-refractivity contribution >= 4 is 0 Å². The van der Waals surface area contributed by atoms with E-state index in [2.05, 4.69) is 29.1 Å². The molecule has 1 aromatic heterocycles. The molecule has 2 aromatic rings. The molecule has 0 amide bonds. The monoisotopic (exact) mass is 259 g/mol. The smallest absolute Gasteiger partial charge is 0.159 e. The van der Waals surface area contributed by atoms with E-state index < -0.39 is 0 Å². The number of hydrogen-bond donors (Lipinski definition) is 1. The largest absolute Gasteiger partial charge is 0.309 e.